The summed E-state index contributed by atoms with van der Waals surface area (Å²) < 4.78 is 1.84. The number of nitrogens with zero attached hydrogens (tertiary/aromatic N) is 2. The zero-order chi connectivity index (χ0) is 16.2. The number of fused-ring (bicyclic) bond motifs is 1. The van der Waals surface area contributed by atoms with E-state index in [1.807, 2.05) is 35.0 Å². The molecule has 0 radical (unpaired) electrons. The first kappa shape index (κ1) is 14.8. The third kappa shape index (κ3) is 3.37. The predicted octanol–water partition coefficient (Wildman–Crippen LogP) is 2.63. The molecule has 0 saturated carbocycles. The van der Waals surface area contributed by atoms with Crippen LogP contribution in [0, 0.1) is 0 Å². The summed E-state index contributed by atoms with van der Waals surface area (Å²) in [6, 6.07) is 11.0. The van der Waals surface area contributed by atoms with E-state index in [-0.39, 0.29) is 18.4 Å². The van der Waals surface area contributed by atoms with Crippen molar-refractivity contribution in [3.63, 3.8) is 0 Å². The minimum atomic E-state index is -0.138. The molecule has 0 saturated heterocycles. The number of pyridine rings is 1. The summed E-state index contributed by atoms with van der Waals surface area (Å²) in [4.78, 5) is 27.4. The zero-order valence-corrected chi connectivity index (χ0v) is 12.6. The van der Waals surface area contributed by atoms with Crippen LogP contribution in [0.1, 0.15) is 6.92 Å². The van der Waals surface area contributed by atoms with Crippen LogP contribution in [0.2, 0.25) is 0 Å². The van der Waals surface area contributed by atoms with E-state index in [0.29, 0.717) is 5.69 Å². The van der Waals surface area contributed by atoms with Gasteiger partial charge >= 0.3 is 0 Å². The molecule has 2 heterocycles. The van der Waals surface area contributed by atoms with Crippen LogP contribution >= 0.6 is 0 Å². The quantitative estimate of drug-likeness (QED) is 0.778. The van der Waals surface area contributed by atoms with Gasteiger partial charge in [0.25, 0.3) is 0 Å². The van der Waals surface area contributed by atoms with E-state index in [1.165, 1.54) is 6.92 Å². The second-order valence-electron chi connectivity index (χ2n) is 5.15. The van der Waals surface area contributed by atoms with Gasteiger partial charge in [0.1, 0.15) is 6.54 Å². The third-order valence-corrected chi connectivity index (χ3v) is 3.38. The molecule has 1 aromatic carbocycles. The Bertz CT molecular complexity index is 855. The normalized spacial score (nSPS) is 10.5. The van der Waals surface area contributed by atoms with Crippen molar-refractivity contribution in [1.82, 2.24) is 9.55 Å². The van der Waals surface area contributed by atoms with Gasteiger partial charge in [-0.25, -0.2) is 0 Å². The van der Waals surface area contributed by atoms with Crippen molar-refractivity contribution in [3.8, 4) is 0 Å². The summed E-state index contributed by atoms with van der Waals surface area (Å²) >= 11 is 0. The van der Waals surface area contributed by atoms with Gasteiger partial charge in [-0.05, 0) is 30.3 Å². The Hall–Kier alpha value is -3.15. The number of hydrogen-bond acceptors (Lipinski definition) is 3. The summed E-state index contributed by atoms with van der Waals surface area (Å²) in [5.41, 5.74) is 2.28. The number of nitrogens with one attached hydrogen (secondary N) is 2. The molecule has 23 heavy (non-hydrogen) atoms. The van der Waals surface area contributed by atoms with Gasteiger partial charge in [0.05, 0.1) is 23.1 Å². The lowest BCUT2D eigenvalue weighted by atomic mass is 10.2. The summed E-state index contributed by atoms with van der Waals surface area (Å²) in [7, 11) is 0. The number of carbonyl (C=O) groups is 2. The molecular weight excluding hydrogens is 292 g/mol. The van der Waals surface area contributed by atoms with Crippen molar-refractivity contribution < 1.29 is 9.59 Å². The van der Waals surface area contributed by atoms with Crippen molar-refractivity contribution in [3.05, 3.63) is 55.0 Å². The highest BCUT2D eigenvalue weighted by atomic mass is 16.2. The average Bonchev–Trinajstić information content (AvgIpc) is 2.92. The number of benzene rings is 1. The Morgan fingerprint density at radius 2 is 2.00 bits per heavy atom. The van der Waals surface area contributed by atoms with E-state index in [4.69, 9.17) is 0 Å². The Labute approximate surface area is 133 Å². The first-order valence-corrected chi connectivity index (χ1v) is 7.19. The maximum absolute atomic E-state index is 12.2. The van der Waals surface area contributed by atoms with Crippen LogP contribution in [0.15, 0.2) is 55.0 Å². The Balaban J connectivity index is 1.81. The smallest absolute Gasteiger partial charge is 0.244 e. The molecule has 3 aromatic rings. The second-order valence-corrected chi connectivity index (χ2v) is 5.15. The van der Waals surface area contributed by atoms with Crippen molar-refractivity contribution in [2.75, 3.05) is 10.6 Å². The summed E-state index contributed by atoms with van der Waals surface area (Å²) in [6.07, 6.45) is 5.08. The van der Waals surface area contributed by atoms with Crippen LogP contribution in [0.5, 0.6) is 0 Å². The topological polar surface area (TPSA) is 76.0 Å². The number of amides is 2. The molecule has 3 rings (SSSR count). The van der Waals surface area contributed by atoms with Gasteiger partial charge in [-0.3, -0.25) is 14.6 Å². The van der Waals surface area contributed by atoms with Crippen LogP contribution in [-0.2, 0) is 16.1 Å². The molecule has 2 amide bonds. The minimum absolute atomic E-state index is 0.125. The fourth-order valence-electron chi connectivity index (χ4n) is 2.45. The van der Waals surface area contributed by atoms with Crippen molar-refractivity contribution in [2.24, 2.45) is 0 Å². The van der Waals surface area contributed by atoms with Gasteiger partial charge in [-0.1, -0.05) is 6.07 Å². The average molecular weight is 308 g/mol. The van der Waals surface area contributed by atoms with Crippen LogP contribution in [0.25, 0.3) is 10.9 Å². The van der Waals surface area contributed by atoms with Crippen LogP contribution in [-0.4, -0.2) is 21.4 Å². The lowest BCUT2D eigenvalue weighted by molar-refractivity contribution is -0.116. The largest absolute Gasteiger partial charge is 0.338 e. The molecule has 0 atom stereocenters. The highest BCUT2D eigenvalue weighted by molar-refractivity contribution is 6.01. The van der Waals surface area contributed by atoms with Gasteiger partial charge in [-0.2, -0.15) is 0 Å². The molecule has 0 bridgehead atoms. The molecular formula is C17H16N4O2. The molecule has 0 aliphatic carbocycles. The number of anilines is 2. The van der Waals surface area contributed by atoms with E-state index >= 15 is 0 Å². The van der Waals surface area contributed by atoms with Crippen LogP contribution < -0.4 is 10.6 Å². The van der Waals surface area contributed by atoms with Gasteiger partial charge < -0.3 is 15.2 Å². The lowest BCUT2D eigenvalue weighted by Gasteiger charge is -2.08. The highest BCUT2D eigenvalue weighted by Gasteiger charge is 2.09. The van der Waals surface area contributed by atoms with E-state index in [9.17, 15) is 9.59 Å². The minimum Gasteiger partial charge on any atom is -0.338 e. The number of aromatic nitrogens is 2. The molecule has 116 valence electrons. The highest BCUT2D eigenvalue weighted by Crippen LogP contribution is 2.24. The van der Waals surface area contributed by atoms with E-state index < -0.39 is 0 Å². The van der Waals surface area contributed by atoms with Crippen LogP contribution in [0.3, 0.4) is 0 Å². The summed E-state index contributed by atoms with van der Waals surface area (Å²) in [5, 5.41) is 6.49. The summed E-state index contributed by atoms with van der Waals surface area (Å²) in [5.74, 6) is -0.264. The lowest BCUT2D eigenvalue weighted by Crippen LogP contribution is -2.18. The van der Waals surface area contributed by atoms with E-state index in [0.717, 1.165) is 16.6 Å². The maximum Gasteiger partial charge on any atom is 0.244 e. The molecule has 0 fully saturated rings. The molecule has 0 unspecified atom stereocenters. The second kappa shape index (κ2) is 6.31. The molecule has 0 aliphatic rings. The Morgan fingerprint density at radius 3 is 2.74 bits per heavy atom. The SMILES string of the molecule is CC(=O)Nc1cccc2c1ccn2CC(=O)Nc1cccnc1. The number of rotatable bonds is 4. The number of hydrogen-bond donors (Lipinski definition) is 2. The van der Waals surface area contributed by atoms with E-state index in [1.54, 1.807) is 24.5 Å². The van der Waals surface area contributed by atoms with Gasteiger partial charge in [0.2, 0.25) is 11.8 Å². The Kier molecular flexibility index (Phi) is 4.05. The van der Waals surface area contributed by atoms with Gasteiger partial charge in [-0.15, -0.1) is 0 Å². The maximum atomic E-state index is 12.2. The molecule has 2 aromatic heterocycles. The van der Waals surface area contributed by atoms with Gasteiger partial charge in [0, 0.05) is 24.7 Å². The van der Waals surface area contributed by atoms with Crippen molar-refractivity contribution >= 4 is 34.1 Å². The summed E-state index contributed by atoms with van der Waals surface area (Å²) in [6.45, 7) is 1.65. The Morgan fingerprint density at radius 1 is 1.13 bits per heavy atom. The van der Waals surface area contributed by atoms with Crippen molar-refractivity contribution in [2.45, 2.75) is 13.5 Å². The standard InChI is InChI=1S/C17H16N4O2/c1-12(22)19-15-5-2-6-16-14(15)7-9-21(16)11-17(23)20-13-4-3-8-18-10-13/h2-10H,11H2,1H3,(H,19,22)(H,20,23). The van der Waals surface area contributed by atoms with Crippen LogP contribution in [0.4, 0.5) is 11.4 Å². The molecule has 0 aliphatic heterocycles. The predicted molar refractivity (Wildman–Crippen MR) is 89.1 cm³/mol. The van der Waals surface area contributed by atoms with Crippen molar-refractivity contribution in [1.29, 1.82) is 0 Å². The fraction of sp³-hybridized carbons (Fsp3) is 0.118. The molecule has 6 nitrogen and oxygen atoms in total. The number of carbonyl (C=O) groups excluding carboxylic acids is 2. The van der Waals surface area contributed by atoms with Gasteiger partial charge in [0.15, 0.2) is 0 Å². The van der Waals surface area contributed by atoms with E-state index in [2.05, 4.69) is 15.6 Å². The fourth-order valence-corrected chi connectivity index (χ4v) is 2.45. The third-order valence-electron chi connectivity index (χ3n) is 3.38. The molecule has 2 N–H and O–H groups in total. The monoisotopic (exact) mass is 308 g/mol. The first-order chi connectivity index (χ1) is 11.1. The molecule has 6 heteroatoms. The molecule has 0 spiro atoms. The zero-order valence-electron chi connectivity index (χ0n) is 12.6. The first-order valence-electron chi connectivity index (χ1n) is 7.19.